The van der Waals surface area contributed by atoms with Gasteiger partial charge in [0.1, 0.15) is 11.9 Å². The number of aliphatic hydroxyl groups excluding tert-OH is 2. The Kier molecular flexibility index (Phi) is 4.54. The monoisotopic (exact) mass is 319 g/mol. The second-order valence-electron chi connectivity index (χ2n) is 4.93. The molecule has 2 rings (SSSR count). The van der Waals surface area contributed by atoms with E-state index in [2.05, 4.69) is 10.3 Å². The van der Waals surface area contributed by atoms with Gasteiger partial charge in [-0.3, -0.25) is 9.36 Å². The van der Waals surface area contributed by atoms with Crippen LogP contribution in [0.4, 0.5) is 14.6 Å². The topological polar surface area (TPSA) is 114 Å². The molecule has 2 heterocycles. The summed E-state index contributed by atoms with van der Waals surface area (Å²) in [5.41, 5.74) is -1.05. The fraction of sp³-hybridized carbons (Fsp3) is 0.583. The molecule has 3 N–H and O–H groups in total. The highest BCUT2D eigenvalue weighted by molar-refractivity contribution is 5.87. The minimum atomic E-state index is -3.52. The van der Waals surface area contributed by atoms with Gasteiger partial charge in [0.2, 0.25) is 12.1 Å². The quantitative estimate of drug-likeness (QED) is 0.691. The van der Waals surface area contributed by atoms with E-state index in [0.717, 1.165) is 6.20 Å². The molecule has 1 aromatic rings. The van der Waals surface area contributed by atoms with Crippen LogP contribution in [0.3, 0.4) is 0 Å². The van der Waals surface area contributed by atoms with Crippen LogP contribution in [-0.2, 0) is 9.53 Å². The van der Waals surface area contributed by atoms with Crippen LogP contribution in [0.5, 0.6) is 0 Å². The van der Waals surface area contributed by atoms with Crippen molar-refractivity contribution in [3.63, 3.8) is 0 Å². The predicted molar refractivity (Wildman–Crippen MR) is 69.4 cm³/mol. The molecule has 10 heteroatoms. The third kappa shape index (κ3) is 3.29. The molecule has 0 aromatic carbocycles. The number of nitrogens with one attached hydrogen (secondary N) is 1. The number of alkyl halides is 2. The molecule has 0 aliphatic carbocycles. The number of carbonyl (C=O) groups is 1. The van der Waals surface area contributed by atoms with Crippen LogP contribution in [-0.4, -0.2) is 50.4 Å². The molecule has 22 heavy (non-hydrogen) atoms. The van der Waals surface area contributed by atoms with E-state index in [1.165, 1.54) is 13.0 Å². The number of anilines is 1. The highest BCUT2D eigenvalue weighted by atomic mass is 19.3. The number of ether oxygens (including phenoxy) is 1. The molecule has 0 bridgehead atoms. The molecule has 1 aliphatic heterocycles. The first-order valence-corrected chi connectivity index (χ1v) is 6.43. The molecule has 122 valence electrons. The van der Waals surface area contributed by atoms with Crippen LogP contribution < -0.4 is 11.0 Å². The van der Waals surface area contributed by atoms with Gasteiger partial charge in [0, 0.05) is 19.5 Å². The van der Waals surface area contributed by atoms with Gasteiger partial charge >= 0.3 is 5.69 Å². The number of aromatic nitrogens is 2. The van der Waals surface area contributed by atoms with Crippen molar-refractivity contribution >= 4 is 11.7 Å². The van der Waals surface area contributed by atoms with Crippen molar-refractivity contribution < 1.29 is 28.5 Å². The van der Waals surface area contributed by atoms with E-state index in [-0.39, 0.29) is 5.82 Å². The Hall–Kier alpha value is -1.91. The number of aliphatic hydroxyl groups is 2. The smallest absolute Gasteiger partial charge is 0.351 e. The van der Waals surface area contributed by atoms with Crippen molar-refractivity contribution in [2.24, 2.45) is 0 Å². The largest absolute Gasteiger partial charge is 0.394 e. The second kappa shape index (κ2) is 6.07. The summed E-state index contributed by atoms with van der Waals surface area (Å²) in [6.07, 6.45) is -4.72. The molecular formula is C12H15F2N3O5. The van der Waals surface area contributed by atoms with Crippen LogP contribution in [0.1, 0.15) is 19.6 Å². The fourth-order valence-electron chi connectivity index (χ4n) is 2.14. The maximum absolute atomic E-state index is 14.0. The van der Waals surface area contributed by atoms with Gasteiger partial charge in [-0.2, -0.15) is 4.98 Å². The van der Waals surface area contributed by atoms with Gasteiger partial charge in [0.25, 0.3) is 5.92 Å². The van der Waals surface area contributed by atoms with Crippen LogP contribution >= 0.6 is 0 Å². The number of rotatable bonds is 3. The average molecular weight is 319 g/mol. The van der Waals surface area contributed by atoms with Gasteiger partial charge < -0.3 is 20.3 Å². The molecule has 0 spiro atoms. The Balaban J connectivity index is 2.33. The Labute approximate surface area is 123 Å². The third-order valence-electron chi connectivity index (χ3n) is 3.14. The summed E-state index contributed by atoms with van der Waals surface area (Å²) in [6.45, 7) is 0.540. The third-order valence-corrected chi connectivity index (χ3v) is 3.14. The van der Waals surface area contributed by atoms with Crippen molar-refractivity contribution in [3.8, 4) is 0 Å². The molecule has 0 unspecified atom stereocenters. The minimum Gasteiger partial charge on any atom is -0.394 e. The number of hydrogen-bond acceptors (Lipinski definition) is 6. The number of halogens is 2. The van der Waals surface area contributed by atoms with Crippen LogP contribution in [0.15, 0.2) is 17.1 Å². The molecule has 1 saturated heterocycles. The van der Waals surface area contributed by atoms with E-state index in [9.17, 15) is 23.5 Å². The Morgan fingerprint density at radius 1 is 1.64 bits per heavy atom. The van der Waals surface area contributed by atoms with E-state index in [4.69, 9.17) is 9.84 Å². The molecule has 0 radical (unpaired) electrons. The Morgan fingerprint density at radius 3 is 2.86 bits per heavy atom. The van der Waals surface area contributed by atoms with Gasteiger partial charge in [-0.15, -0.1) is 0 Å². The number of carbonyl (C=O) groups excluding carboxylic acids is 1. The van der Waals surface area contributed by atoms with E-state index in [1.54, 1.807) is 0 Å². The SMILES string of the molecule is CC(=O)Nc1ccn([C@@H]2O[C@H](CO)[C@@H](O)CC2(F)F)c(=O)n1. The van der Waals surface area contributed by atoms with Gasteiger partial charge in [-0.1, -0.05) is 0 Å². The summed E-state index contributed by atoms with van der Waals surface area (Å²) in [5, 5.41) is 20.7. The van der Waals surface area contributed by atoms with E-state index >= 15 is 0 Å². The predicted octanol–water partition coefficient (Wildman–Crippen LogP) is -0.522. The molecule has 8 nitrogen and oxygen atoms in total. The lowest BCUT2D eigenvalue weighted by atomic mass is 10.0. The zero-order chi connectivity index (χ0) is 16.5. The molecular weight excluding hydrogens is 304 g/mol. The standard InChI is InChI=1S/C12H15F2N3O5/c1-6(19)15-9-2-3-17(11(21)16-9)10-12(13,14)4-7(20)8(5-18)22-10/h2-3,7-8,10,18,20H,4-5H2,1H3,(H,15,16,19,21)/t7-,8+,10+/m0/s1. The zero-order valence-corrected chi connectivity index (χ0v) is 11.6. The molecule has 1 aromatic heterocycles. The summed E-state index contributed by atoms with van der Waals surface area (Å²) in [7, 11) is 0. The van der Waals surface area contributed by atoms with Crippen LogP contribution in [0.2, 0.25) is 0 Å². The zero-order valence-electron chi connectivity index (χ0n) is 11.6. The number of hydrogen-bond donors (Lipinski definition) is 3. The van der Waals surface area contributed by atoms with Crippen molar-refractivity contribution in [1.82, 2.24) is 9.55 Å². The van der Waals surface area contributed by atoms with Crippen LogP contribution in [0, 0.1) is 0 Å². The maximum atomic E-state index is 14.0. The molecule has 0 saturated carbocycles. The number of amides is 1. The molecule has 1 fully saturated rings. The maximum Gasteiger partial charge on any atom is 0.351 e. The average Bonchev–Trinajstić information content (AvgIpc) is 2.38. The van der Waals surface area contributed by atoms with Crippen molar-refractivity contribution in [1.29, 1.82) is 0 Å². The lowest BCUT2D eigenvalue weighted by molar-refractivity contribution is -0.269. The highest BCUT2D eigenvalue weighted by Gasteiger charge is 2.51. The first-order chi connectivity index (χ1) is 10.2. The summed E-state index contributed by atoms with van der Waals surface area (Å²) in [6, 6.07) is 1.17. The minimum absolute atomic E-state index is 0.0772. The molecule has 1 aliphatic rings. The first kappa shape index (κ1) is 16.5. The summed E-state index contributed by atoms with van der Waals surface area (Å²) >= 11 is 0. The van der Waals surface area contributed by atoms with Crippen molar-refractivity contribution in [3.05, 3.63) is 22.7 Å². The summed E-state index contributed by atoms with van der Waals surface area (Å²) < 4.78 is 33.5. The van der Waals surface area contributed by atoms with Crippen LogP contribution in [0.25, 0.3) is 0 Å². The summed E-state index contributed by atoms with van der Waals surface area (Å²) in [4.78, 5) is 26.2. The first-order valence-electron chi connectivity index (χ1n) is 6.43. The van der Waals surface area contributed by atoms with E-state index in [1.807, 2.05) is 0 Å². The molecule has 1 amide bonds. The molecule has 3 atom stereocenters. The lowest BCUT2D eigenvalue weighted by Gasteiger charge is -2.39. The van der Waals surface area contributed by atoms with E-state index in [0.29, 0.717) is 4.57 Å². The fourth-order valence-corrected chi connectivity index (χ4v) is 2.14. The Morgan fingerprint density at radius 2 is 2.32 bits per heavy atom. The highest BCUT2D eigenvalue weighted by Crippen LogP contribution is 2.39. The number of nitrogens with zero attached hydrogens (tertiary/aromatic N) is 2. The van der Waals surface area contributed by atoms with E-state index < -0.39 is 49.0 Å². The lowest BCUT2D eigenvalue weighted by Crippen LogP contribution is -2.52. The van der Waals surface area contributed by atoms with Gasteiger partial charge in [-0.05, 0) is 6.07 Å². The van der Waals surface area contributed by atoms with Gasteiger partial charge in [0.15, 0.2) is 0 Å². The van der Waals surface area contributed by atoms with Crippen molar-refractivity contribution in [2.75, 3.05) is 11.9 Å². The second-order valence-corrected chi connectivity index (χ2v) is 4.93. The Bertz CT molecular complexity index is 621. The summed E-state index contributed by atoms with van der Waals surface area (Å²) in [5.74, 6) is -4.06. The van der Waals surface area contributed by atoms with Crippen molar-refractivity contribution in [2.45, 2.75) is 37.7 Å². The van der Waals surface area contributed by atoms with Gasteiger partial charge in [-0.25, -0.2) is 13.6 Å². The normalized spacial score (nSPS) is 27.4. The van der Waals surface area contributed by atoms with Gasteiger partial charge in [0.05, 0.1) is 12.7 Å².